The lowest BCUT2D eigenvalue weighted by Crippen LogP contribution is -2.35. The first kappa shape index (κ1) is 14.4. The first-order valence-electron chi connectivity index (χ1n) is 7.60. The van der Waals surface area contributed by atoms with Gasteiger partial charge in [-0.2, -0.15) is 0 Å². The number of likely N-dealkylation sites (N-methyl/N-ethyl adjacent to an activating group) is 1. The van der Waals surface area contributed by atoms with Crippen LogP contribution in [0.3, 0.4) is 0 Å². The van der Waals surface area contributed by atoms with Crippen molar-refractivity contribution in [3.63, 3.8) is 0 Å². The SMILES string of the molecule is CCNC(c1ccc2c(c1)NC(=O)CO2)C1OCCC1C. The van der Waals surface area contributed by atoms with Crippen molar-refractivity contribution in [2.24, 2.45) is 5.92 Å². The maximum absolute atomic E-state index is 11.5. The number of ether oxygens (including phenoxy) is 2. The van der Waals surface area contributed by atoms with Crippen LogP contribution >= 0.6 is 0 Å². The van der Waals surface area contributed by atoms with Gasteiger partial charge in [0.1, 0.15) is 5.75 Å². The Morgan fingerprint density at radius 2 is 2.33 bits per heavy atom. The smallest absolute Gasteiger partial charge is 0.262 e. The number of rotatable bonds is 4. The average molecular weight is 290 g/mol. The Kier molecular flexibility index (Phi) is 4.12. The van der Waals surface area contributed by atoms with Crippen molar-refractivity contribution in [1.82, 2.24) is 5.32 Å². The second-order valence-corrected chi connectivity index (χ2v) is 5.73. The van der Waals surface area contributed by atoms with Crippen molar-refractivity contribution in [3.8, 4) is 5.75 Å². The zero-order valence-electron chi connectivity index (χ0n) is 12.5. The number of benzene rings is 1. The Hall–Kier alpha value is -1.59. The normalized spacial score (nSPS) is 25.9. The summed E-state index contributed by atoms with van der Waals surface area (Å²) in [5, 5.41) is 6.38. The molecule has 114 valence electrons. The van der Waals surface area contributed by atoms with Gasteiger partial charge in [0, 0.05) is 6.61 Å². The second kappa shape index (κ2) is 6.03. The highest BCUT2D eigenvalue weighted by Crippen LogP contribution is 2.35. The molecule has 1 saturated heterocycles. The maximum atomic E-state index is 11.5. The Bertz CT molecular complexity index is 532. The molecule has 5 nitrogen and oxygen atoms in total. The highest BCUT2D eigenvalue weighted by Gasteiger charge is 2.33. The molecule has 3 atom stereocenters. The van der Waals surface area contributed by atoms with Crippen molar-refractivity contribution >= 4 is 11.6 Å². The molecular formula is C16H22N2O3. The van der Waals surface area contributed by atoms with E-state index in [1.54, 1.807) is 0 Å². The van der Waals surface area contributed by atoms with Crippen LogP contribution < -0.4 is 15.4 Å². The van der Waals surface area contributed by atoms with Crippen LogP contribution in [0.25, 0.3) is 0 Å². The lowest BCUT2D eigenvalue weighted by Gasteiger charge is -2.28. The van der Waals surface area contributed by atoms with E-state index in [0.717, 1.165) is 36.6 Å². The van der Waals surface area contributed by atoms with E-state index in [-0.39, 0.29) is 24.7 Å². The molecule has 2 N–H and O–H groups in total. The topological polar surface area (TPSA) is 59.6 Å². The third-order valence-electron chi connectivity index (χ3n) is 4.19. The quantitative estimate of drug-likeness (QED) is 0.891. The van der Waals surface area contributed by atoms with Crippen LogP contribution in [-0.2, 0) is 9.53 Å². The second-order valence-electron chi connectivity index (χ2n) is 5.73. The standard InChI is InChI=1S/C16H22N2O3/c1-3-17-15(16-10(2)6-7-20-16)11-4-5-13-12(8-11)18-14(19)9-21-13/h4-5,8,10,15-17H,3,6-7,9H2,1-2H3,(H,18,19). The fourth-order valence-electron chi connectivity index (χ4n) is 3.08. The molecule has 2 aliphatic heterocycles. The summed E-state index contributed by atoms with van der Waals surface area (Å²) in [7, 11) is 0. The molecule has 0 spiro atoms. The lowest BCUT2D eigenvalue weighted by atomic mass is 9.92. The summed E-state index contributed by atoms with van der Waals surface area (Å²) in [6, 6.07) is 6.11. The van der Waals surface area contributed by atoms with Crippen LogP contribution in [0.2, 0.25) is 0 Å². The van der Waals surface area contributed by atoms with Crippen LogP contribution in [0.15, 0.2) is 18.2 Å². The minimum absolute atomic E-state index is 0.0890. The predicted octanol–water partition coefficient (Wildman–Crippen LogP) is 2.09. The summed E-state index contributed by atoms with van der Waals surface area (Å²) in [6.45, 7) is 6.10. The van der Waals surface area contributed by atoms with Gasteiger partial charge in [-0.3, -0.25) is 4.79 Å². The highest BCUT2D eigenvalue weighted by atomic mass is 16.5. The zero-order chi connectivity index (χ0) is 14.8. The van der Waals surface area contributed by atoms with E-state index in [9.17, 15) is 4.79 Å². The molecule has 1 aromatic carbocycles. The van der Waals surface area contributed by atoms with Crippen LogP contribution in [0.5, 0.6) is 5.75 Å². The molecule has 0 radical (unpaired) electrons. The van der Waals surface area contributed by atoms with Crippen molar-refractivity contribution < 1.29 is 14.3 Å². The highest BCUT2D eigenvalue weighted by molar-refractivity contribution is 5.95. The molecule has 0 saturated carbocycles. The first-order chi connectivity index (χ1) is 10.2. The van der Waals surface area contributed by atoms with Crippen LogP contribution in [0, 0.1) is 5.92 Å². The van der Waals surface area contributed by atoms with Crippen molar-refractivity contribution in [1.29, 1.82) is 0 Å². The summed E-state index contributed by atoms with van der Waals surface area (Å²) >= 11 is 0. The fourth-order valence-corrected chi connectivity index (χ4v) is 3.08. The number of carbonyl (C=O) groups is 1. The third kappa shape index (κ3) is 2.89. The van der Waals surface area contributed by atoms with Crippen LogP contribution in [-0.4, -0.2) is 31.8 Å². The van der Waals surface area contributed by atoms with E-state index in [1.807, 2.05) is 12.1 Å². The number of carbonyl (C=O) groups excluding carboxylic acids is 1. The van der Waals surface area contributed by atoms with Gasteiger partial charge in [-0.25, -0.2) is 0 Å². The molecule has 1 fully saturated rings. The summed E-state index contributed by atoms with van der Waals surface area (Å²) < 4.78 is 11.3. The summed E-state index contributed by atoms with van der Waals surface area (Å²) in [6.07, 6.45) is 1.26. The van der Waals surface area contributed by atoms with Gasteiger partial charge in [-0.05, 0) is 36.6 Å². The Labute approximate surface area is 125 Å². The van der Waals surface area contributed by atoms with Gasteiger partial charge in [-0.1, -0.05) is 19.9 Å². The van der Waals surface area contributed by atoms with E-state index in [4.69, 9.17) is 9.47 Å². The van der Waals surface area contributed by atoms with Gasteiger partial charge in [0.2, 0.25) is 0 Å². The molecule has 5 heteroatoms. The van der Waals surface area contributed by atoms with E-state index < -0.39 is 0 Å². The molecular weight excluding hydrogens is 268 g/mol. The first-order valence-corrected chi connectivity index (χ1v) is 7.60. The minimum atomic E-state index is -0.106. The predicted molar refractivity (Wildman–Crippen MR) is 80.5 cm³/mol. The van der Waals surface area contributed by atoms with Gasteiger partial charge < -0.3 is 20.1 Å². The molecule has 3 unspecified atom stereocenters. The molecule has 0 aromatic heterocycles. The maximum Gasteiger partial charge on any atom is 0.262 e. The molecule has 3 rings (SSSR count). The van der Waals surface area contributed by atoms with Gasteiger partial charge >= 0.3 is 0 Å². The fraction of sp³-hybridized carbons (Fsp3) is 0.562. The number of fused-ring (bicyclic) bond motifs is 1. The van der Waals surface area contributed by atoms with Gasteiger partial charge in [-0.15, -0.1) is 0 Å². The molecule has 2 heterocycles. The van der Waals surface area contributed by atoms with Crippen LogP contribution in [0.4, 0.5) is 5.69 Å². The number of amides is 1. The molecule has 21 heavy (non-hydrogen) atoms. The number of nitrogens with one attached hydrogen (secondary N) is 2. The van der Waals surface area contributed by atoms with E-state index in [0.29, 0.717) is 5.92 Å². The molecule has 1 amide bonds. The summed E-state index contributed by atoms with van der Waals surface area (Å²) in [5.74, 6) is 1.15. The summed E-state index contributed by atoms with van der Waals surface area (Å²) in [5.41, 5.74) is 1.87. The Morgan fingerprint density at radius 1 is 1.48 bits per heavy atom. The van der Waals surface area contributed by atoms with E-state index >= 15 is 0 Å². The van der Waals surface area contributed by atoms with E-state index in [2.05, 4.69) is 30.5 Å². The Balaban J connectivity index is 1.89. The average Bonchev–Trinajstić information content (AvgIpc) is 2.90. The Morgan fingerprint density at radius 3 is 3.05 bits per heavy atom. The molecule has 1 aromatic rings. The third-order valence-corrected chi connectivity index (χ3v) is 4.19. The lowest BCUT2D eigenvalue weighted by molar-refractivity contribution is -0.118. The zero-order valence-corrected chi connectivity index (χ0v) is 12.5. The number of anilines is 1. The number of hydrogen-bond donors (Lipinski definition) is 2. The minimum Gasteiger partial charge on any atom is -0.482 e. The van der Waals surface area contributed by atoms with Gasteiger partial charge in [0.05, 0.1) is 17.8 Å². The van der Waals surface area contributed by atoms with Gasteiger partial charge in [0.25, 0.3) is 5.91 Å². The van der Waals surface area contributed by atoms with Crippen molar-refractivity contribution in [3.05, 3.63) is 23.8 Å². The van der Waals surface area contributed by atoms with Crippen molar-refractivity contribution in [2.45, 2.75) is 32.4 Å². The van der Waals surface area contributed by atoms with Crippen LogP contribution in [0.1, 0.15) is 31.9 Å². The largest absolute Gasteiger partial charge is 0.482 e. The van der Waals surface area contributed by atoms with Crippen molar-refractivity contribution in [2.75, 3.05) is 25.1 Å². The van der Waals surface area contributed by atoms with E-state index in [1.165, 1.54) is 0 Å². The number of hydrogen-bond acceptors (Lipinski definition) is 4. The molecule has 0 aliphatic carbocycles. The van der Waals surface area contributed by atoms with Gasteiger partial charge in [0.15, 0.2) is 6.61 Å². The summed E-state index contributed by atoms with van der Waals surface area (Å²) in [4.78, 5) is 11.5. The monoisotopic (exact) mass is 290 g/mol. The molecule has 0 bridgehead atoms. The molecule has 2 aliphatic rings.